The first-order chi connectivity index (χ1) is 11.0. The lowest BCUT2D eigenvalue weighted by Crippen LogP contribution is -2.89. The van der Waals surface area contributed by atoms with Crippen molar-refractivity contribution < 1.29 is 49.4 Å². The molecule has 1 fully saturated rings. The molecule has 0 aromatic heterocycles. The van der Waals surface area contributed by atoms with E-state index in [9.17, 15) is 44.7 Å². The predicted octanol–water partition coefficient (Wildman–Crippen LogP) is -2.66. The number of hydrogen-bond donors (Lipinski definition) is 5. The third-order valence-electron chi connectivity index (χ3n) is 4.48. The van der Waals surface area contributed by atoms with Gasteiger partial charge in [-0.25, -0.2) is 0 Å². The molecule has 25 heavy (non-hydrogen) atoms. The average Bonchev–Trinajstić information content (AvgIpc) is 2.47. The molecular weight excluding hydrogens is 408 g/mol. The zero-order valence-electron chi connectivity index (χ0n) is 13.8. The topological polar surface area (TPSA) is 179 Å². The second-order valence-electron chi connectivity index (χ2n) is 6.01. The molecule has 10 nitrogen and oxygen atoms in total. The Hall–Kier alpha value is -1.08. The van der Waals surface area contributed by atoms with Gasteiger partial charge >= 0.3 is 0 Å². The first-order valence-electron chi connectivity index (χ1n) is 7.01. The van der Waals surface area contributed by atoms with Crippen LogP contribution in [-0.2, 0) is 23.9 Å². The van der Waals surface area contributed by atoms with Gasteiger partial charge in [0.05, 0.1) is 0 Å². The van der Waals surface area contributed by atoms with E-state index in [0.29, 0.717) is 20.8 Å². The van der Waals surface area contributed by atoms with Gasteiger partial charge in [-0.15, -0.1) is 0 Å². The van der Waals surface area contributed by atoms with E-state index in [1.807, 2.05) is 0 Å². The number of Topliss-reactive ketones (excluding diaryl/α,β-unsaturated/α-hetero) is 4. The van der Waals surface area contributed by atoms with Crippen LogP contribution in [-0.4, -0.2) is 82.4 Å². The van der Waals surface area contributed by atoms with Crippen molar-refractivity contribution in [2.24, 2.45) is 0 Å². The molecule has 0 saturated carbocycles. The second kappa shape index (κ2) is 6.27. The molecule has 0 aliphatic carbocycles. The minimum atomic E-state index is -3.66. The first kappa shape index (κ1) is 22.0. The van der Waals surface area contributed by atoms with Crippen LogP contribution in [0.25, 0.3) is 0 Å². The number of hydrogen-bond acceptors (Lipinski definition) is 10. The predicted molar refractivity (Wildman–Crippen MR) is 82.3 cm³/mol. The van der Waals surface area contributed by atoms with Crippen LogP contribution in [0.5, 0.6) is 0 Å². The fourth-order valence-electron chi connectivity index (χ4n) is 3.00. The maximum absolute atomic E-state index is 12.2. The van der Waals surface area contributed by atoms with Gasteiger partial charge in [0, 0.05) is 0 Å². The highest BCUT2D eigenvalue weighted by atomic mass is 79.9. The number of carbonyl (C=O) groups excluding carboxylic acids is 4. The highest BCUT2D eigenvalue weighted by Gasteiger charge is 2.83. The van der Waals surface area contributed by atoms with E-state index in [0.717, 1.165) is 6.92 Å². The highest BCUT2D eigenvalue weighted by molar-refractivity contribution is 9.10. The Morgan fingerprint density at radius 3 is 1.56 bits per heavy atom. The van der Waals surface area contributed by atoms with Gasteiger partial charge in [0.1, 0.15) is 12.2 Å². The minimum Gasteiger partial charge on any atom is -0.382 e. The van der Waals surface area contributed by atoms with Crippen molar-refractivity contribution in [1.29, 1.82) is 0 Å². The summed E-state index contributed by atoms with van der Waals surface area (Å²) in [5, 5.41) is 52.7. The largest absolute Gasteiger partial charge is 0.382 e. The van der Waals surface area contributed by atoms with Gasteiger partial charge in [-0.05, 0) is 43.6 Å². The fraction of sp³-hybridized carbons (Fsp3) is 0.714. The molecule has 1 heterocycles. The summed E-state index contributed by atoms with van der Waals surface area (Å²) in [6, 6.07) is 0. The second-order valence-corrected chi connectivity index (χ2v) is 7.09. The van der Waals surface area contributed by atoms with Crippen molar-refractivity contribution in [2.45, 2.75) is 61.4 Å². The monoisotopic (exact) mass is 426 g/mol. The van der Waals surface area contributed by atoms with Crippen molar-refractivity contribution >= 4 is 39.1 Å². The molecule has 0 aromatic rings. The maximum atomic E-state index is 12.2. The Morgan fingerprint density at radius 1 is 0.880 bits per heavy atom. The van der Waals surface area contributed by atoms with Crippen molar-refractivity contribution in [3.63, 3.8) is 0 Å². The molecule has 0 bridgehead atoms. The summed E-state index contributed by atoms with van der Waals surface area (Å²) in [7, 11) is 0. The summed E-state index contributed by atoms with van der Waals surface area (Å²) in [6.07, 6.45) is -4.68. The minimum absolute atomic E-state index is 0.632. The molecule has 1 unspecified atom stereocenters. The van der Waals surface area contributed by atoms with Crippen LogP contribution < -0.4 is 0 Å². The van der Waals surface area contributed by atoms with Crippen LogP contribution in [0, 0.1) is 0 Å². The zero-order valence-corrected chi connectivity index (χ0v) is 15.4. The summed E-state index contributed by atoms with van der Waals surface area (Å²) in [5.74, 6) is -5.39. The van der Waals surface area contributed by atoms with Crippen LogP contribution in [0.3, 0.4) is 0 Å². The standard InChI is InChI=1S/C14H19BrO10/c1-5(16)9(20)10-11(21,6(2)17)12(22,7(3)18)13(23,8(4)19)14(15,24)25-10/h9-10,20-24H,1-4H3/t9?,10-,11-,12+,13-,14-/m1/s1. The summed E-state index contributed by atoms with van der Waals surface area (Å²) < 4.78 is 1.62. The SMILES string of the molecule is CC(=O)C(O)[C@H]1O[C@@](O)(Br)[C@@](O)(C(C)=O)[C@](O)(C(C)=O)[C@@]1(O)C(C)=O. The Labute approximate surface area is 150 Å². The normalized spacial score (nSPS) is 42.6. The van der Waals surface area contributed by atoms with E-state index < -0.39 is 56.8 Å². The molecule has 0 amide bonds. The van der Waals surface area contributed by atoms with Crippen LogP contribution in [0.2, 0.25) is 0 Å². The van der Waals surface area contributed by atoms with E-state index in [1.54, 1.807) is 0 Å². The number of aliphatic hydroxyl groups is 5. The first-order valence-corrected chi connectivity index (χ1v) is 7.80. The summed E-state index contributed by atoms with van der Waals surface area (Å²) >= 11 is 2.42. The van der Waals surface area contributed by atoms with E-state index in [4.69, 9.17) is 4.74 Å². The third-order valence-corrected chi connectivity index (χ3v) is 5.24. The van der Waals surface area contributed by atoms with E-state index in [-0.39, 0.29) is 0 Å². The Morgan fingerprint density at radius 2 is 1.28 bits per heavy atom. The van der Waals surface area contributed by atoms with E-state index in [1.165, 1.54) is 0 Å². The van der Waals surface area contributed by atoms with Gasteiger partial charge in [0.15, 0.2) is 28.7 Å². The lowest BCUT2D eigenvalue weighted by molar-refractivity contribution is -0.375. The Balaban J connectivity index is 3.99. The molecule has 1 aliphatic heterocycles. The summed E-state index contributed by atoms with van der Waals surface area (Å²) in [4.78, 5) is 47.8. The molecule has 1 aliphatic rings. The molecule has 0 radical (unpaired) electrons. The van der Waals surface area contributed by atoms with Gasteiger partial charge in [0.25, 0.3) is 4.70 Å². The quantitative estimate of drug-likeness (QED) is 0.291. The molecule has 6 atom stereocenters. The van der Waals surface area contributed by atoms with Gasteiger partial charge in [-0.2, -0.15) is 0 Å². The Kier molecular flexibility index (Phi) is 5.51. The van der Waals surface area contributed by atoms with Crippen molar-refractivity contribution in [3.05, 3.63) is 0 Å². The molecule has 5 N–H and O–H groups in total. The molecular formula is C14H19BrO10. The lowest BCUT2D eigenvalue weighted by Gasteiger charge is -2.59. The Bertz CT molecular complexity index is 646. The van der Waals surface area contributed by atoms with E-state index in [2.05, 4.69) is 15.9 Å². The zero-order chi connectivity index (χ0) is 20.2. The van der Waals surface area contributed by atoms with Crippen molar-refractivity contribution in [1.82, 2.24) is 0 Å². The van der Waals surface area contributed by atoms with Gasteiger partial charge < -0.3 is 30.3 Å². The van der Waals surface area contributed by atoms with Crippen LogP contribution in [0.4, 0.5) is 0 Å². The molecule has 0 spiro atoms. The molecule has 0 aromatic carbocycles. The maximum Gasteiger partial charge on any atom is 0.265 e. The van der Waals surface area contributed by atoms with E-state index >= 15 is 0 Å². The smallest absolute Gasteiger partial charge is 0.265 e. The number of rotatable bonds is 5. The number of alkyl halides is 1. The summed E-state index contributed by atoms with van der Waals surface area (Å²) in [6.45, 7) is 2.82. The molecule has 11 heteroatoms. The van der Waals surface area contributed by atoms with Gasteiger partial charge in [0.2, 0.25) is 11.2 Å². The average molecular weight is 427 g/mol. The number of ketones is 4. The molecule has 142 valence electrons. The van der Waals surface area contributed by atoms with Gasteiger partial charge in [-0.1, -0.05) is 0 Å². The number of ether oxygens (including phenoxy) is 1. The number of halogens is 1. The molecule has 1 rings (SSSR count). The number of aliphatic hydroxyl groups excluding tert-OH is 1. The van der Waals surface area contributed by atoms with Gasteiger partial charge in [-0.3, -0.25) is 19.2 Å². The van der Waals surface area contributed by atoms with Crippen LogP contribution in [0.15, 0.2) is 0 Å². The van der Waals surface area contributed by atoms with Crippen LogP contribution >= 0.6 is 15.9 Å². The molecule has 1 saturated heterocycles. The lowest BCUT2D eigenvalue weighted by atomic mass is 9.60. The highest BCUT2D eigenvalue weighted by Crippen LogP contribution is 2.53. The van der Waals surface area contributed by atoms with Crippen molar-refractivity contribution in [3.8, 4) is 0 Å². The van der Waals surface area contributed by atoms with Crippen LogP contribution in [0.1, 0.15) is 27.7 Å². The fourth-order valence-corrected chi connectivity index (χ4v) is 3.77. The van der Waals surface area contributed by atoms with Crippen molar-refractivity contribution in [2.75, 3.05) is 0 Å². The number of carbonyl (C=O) groups is 4. The third kappa shape index (κ3) is 2.53. The summed E-state index contributed by atoms with van der Waals surface area (Å²) in [5.41, 5.74) is -10.7.